The Morgan fingerprint density at radius 3 is 2.35 bits per heavy atom. The van der Waals surface area contributed by atoms with Gasteiger partial charge in [0, 0.05) is 25.9 Å². The van der Waals surface area contributed by atoms with Crippen LogP contribution in [0.5, 0.6) is 5.75 Å². The molecule has 6 nitrogen and oxygen atoms in total. The molecule has 2 saturated carbocycles. The lowest BCUT2D eigenvalue weighted by Crippen LogP contribution is -2.42. The third-order valence-electron chi connectivity index (χ3n) is 6.51. The number of amides is 1. The second-order valence-corrected chi connectivity index (χ2v) is 10.7. The molecule has 0 bridgehead atoms. The number of sulfonamides is 1. The second kappa shape index (κ2) is 8.27. The SMILES string of the molecule is NC(=O)c1cc(C2CC2)c(OCCC2CCC(F)(F)CC2)c(S(=O)(=O)N2CCC2)c1F. The van der Waals surface area contributed by atoms with E-state index in [0.717, 1.165) is 17.1 Å². The Hall–Kier alpha value is -1.81. The zero-order valence-electron chi connectivity index (χ0n) is 17.2. The molecule has 1 heterocycles. The number of carbonyl (C=O) groups is 1. The Bertz CT molecular complexity index is 965. The van der Waals surface area contributed by atoms with Crippen molar-refractivity contribution in [1.29, 1.82) is 0 Å². The van der Waals surface area contributed by atoms with Gasteiger partial charge in [0.25, 0.3) is 5.91 Å². The summed E-state index contributed by atoms with van der Waals surface area (Å²) in [5.41, 5.74) is 5.34. The van der Waals surface area contributed by atoms with Gasteiger partial charge in [0.15, 0.2) is 10.7 Å². The molecule has 4 rings (SSSR count). The Balaban J connectivity index is 1.63. The summed E-state index contributed by atoms with van der Waals surface area (Å²) in [5, 5.41) is 0. The third kappa shape index (κ3) is 4.55. The Labute approximate surface area is 180 Å². The summed E-state index contributed by atoms with van der Waals surface area (Å²) in [5.74, 6) is -4.87. The number of nitrogens with zero attached hydrogens (tertiary/aromatic N) is 1. The van der Waals surface area contributed by atoms with Gasteiger partial charge in [0.2, 0.25) is 15.9 Å². The number of primary amides is 1. The van der Waals surface area contributed by atoms with Crippen LogP contribution in [0.2, 0.25) is 0 Å². The fourth-order valence-electron chi connectivity index (χ4n) is 4.27. The van der Waals surface area contributed by atoms with Crippen molar-refractivity contribution in [2.24, 2.45) is 11.7 Å². The Morgan fingerprint density at radius 1 is 1.19 bits per heavy atom. The van der Waals surface area contributed by atoms with Crippen LogP contribution < -0.4 is 10.5 Å². The summed E-state index contributed by atoms with van der Waals surface area (Å²) in [6, 6.07) is 1.31. The molecule has 0 aromatic heterocycles. The average Bonchev–Trinajstić information content (AvgIpc) is 3.45. The first-order valence-corrected chi connectivity index (χ1v) is 12.2. The molecule has 172 valence electrons. The van der Waals surface area contributed by atoms with Gasteiger partial charge in [-0.2, -0.15) is 4.31 Å². The largest absolute Gasteiger partial charge is 0.492 e. The molecule has 1 amide bonds. The van der Waals surface area contributed by atoms with Gasteiger partial charge in [0.05, 0.1) is 12.2 Å². The summed E-state index contributed by atoms with van der Waals surface area (Å²) in [7, 11) is -4.19. The molecule has 1 aromatic rings. The van der Waals surface area contributed by atoms with E-state index in [1.807, 2.05) is 0 Å². The van der Waals surface area contributed by atoms with E-state index < -0.39 is 38.1 Å². The molecule has 0 unspecified atom stereocenters. The van der Waals surface area contributed by atoms with Gasteiger partial charge in [0.1, 0.15) is 5.75 Å². The van der Waals surface area contributed by atoms with E-state index in [2.05, 4.69) is 0 Å². The molecule has 1 aliphatic heterocycles. The second-order valence-electron chi connectivity index (χ2n) is 8.82. The maximum absolute atomic E-state index is 15.3. The molecule has 0 atom stereocenters. The molecule has 1 aromatic carbocycles. The van der Waals surface area contributed by atoms with Gasteiger partial charge >= 0.3 is 0 Å². The molecule has 3 aliphatic rings. The number of alkyl halides is 2. The highest BCUT2D eigenvalue weighted by Crippen LogP contribution is 2.48. The van der Waals surface area contributed by atoms with Gasteiger partial charge in [-0.05, 0) is 62.0 Å². The van der Waals surface area contributed by atoms with Crippen LogP contribution in [0.1, 0.15) is 73.2 Å². The van der Waals surface area contributed by atoms with Crippen molar-refractivity contribution in [1.82, 2.24) is 4.31 Å². The summed E-state index contributed by atoms with van der Waals surface area (Å²) >= 11 is 0. The highest BCUT2D eigenvalue weighted by Gasteiger charge is 2.40. The van der Waals surface area contributed by atoms with Gasteiger partial charge in [-0.25, -0.2) is 21.6 Å². The minimum atomic E-state index is -4.19. The van der Waals surface area contributed by atoms with Crippen molar-refractivity contribution < 1.29 is 31.1 Å². The van der Waals surface area contributed by atoms with E-state index in [0.29, 0.717) is 31.2 Å². The lowest BCUT2D eigenvalue weighted by molar-refractivity contribution is -0.0475. The van der Waals surface area contributed by atoms with Crippen molar-refractivity contribution in [2.75, 3.05) is 19.7 Å². The van der Waals surface area contributed by atoms with Gasteiger partial charge in [-0.3, -0.25) is 4.79 Å². The molecule has 3 fully saturated rings. The number of carbonyl (C=O) groups excluding carboxylic acids is 1. The number of ether oxygens (including phenoxy) is 1. The normalized spacial score (nSPS) is 22.2. The predicted molar refractivity (Wildman–Crippen MR) is 107 cm³/mol. The van der Waals surface area contributed by atoms with E-state index >= 15 is 4.39 Å². The molecular weight excluding hydrogens is 433 g/mol. The van der Waals surface area contributed by atoms with E-state index in [9.17, 15) is 22.0 Å². The summed E-state index contributed by atoms with van der Waals surface area (Å²) in [6.07, 6.45) is 3.13. The summed E-state index contributed by atoms with van der Waals surface area (Å²) < 4.78 is 75.3. The number of hydrogen-bond acceptors (Lipinski definition) is 4. The monoisotopic (exact) mass is 460 g/mol. The van der Waals surface area contributed by atoms with Crippen LogP contribution in [0.15, 0.2) is 11.0 Å². The maximum Gasteiger partial charge on any atom is 0.251 e. The Kier molecular flexibility index (Phi) is 5.97. The van der Waals surface area contributed by atoms with E-state index in [-0.39, 0.29) is 50.1 Å². The van der Waals surface area contributed by atoms with Crippen LogP contribution >= 0.6 is 0 Å². The van der Waals surface area contributed by atoms with Crippen LogP contribution in [-0.2, 0) is 10.0 Å². The van der Waals surface area contributed by atoms with Crippen molar-refractivity contribution in [3.8, 4) is 5.75 Å². The van der Waals surface area contributed by atoms with Crippen LogP contribution in [0.4, 0.5) is 13.2 Å². The molecule has 31 heavy (non-hydrogen) atoms. The zero-order chi connectivity index (χ0) is 22.4. The molecule has 0 radical (unpaired) electrons. The Morgan fingerprint density at radius 2 is 1.84 bits per heavy atom. The fraction of sp³-hybridized carbons (Fsp3) is 0.667. The number of rotatable bonds is 8. The minimum absolute atomic E-state index is 0.0209. The van der Waals surface area contributed by atoms with Crippen LogP contribution in [0, 0.1) is 11.7 Å². The smallest absolute Gasteiger partial charge is 0.251 e. The quantitative estimate of drug-likeness (QED) is 0.639. The standard InChI is InChI=1S/C21H27F3N2O4S/c22-17-16(20(25)27)12-15(14-2-3-14)18(19(17)31(28,29)26-9-1-10-26)30-11-6-13-4-7-21(23,24)8-5-13/h12-14H,1-11H2,(H2,25,27). The van der Waals surface area contributed by atoms with Gasteiger partial charge in [-0.1, -0.05) is 0 Å². The molecule has 2 N–H and O–H groups in total. The van der Waals surface area contributed by atoms with E-state index in [1.165, 1.54) is 6.07 Å². The fourth-order valence-corrected chi connectivity index (χ4v) is 6.01. The van der Waals surface area contributed by atoms with Gasteiger partial charge < -0.3 is 10.5 Å². The lowest BCUT2D eigenvalue weighted by Gasteiger charge is -2.31. The predicted octanol–water partition coefficient (Wildman–Crippen LogP) is 3.79. The molecule has 0 spiro atoms. The molecular formula is C21H27F3N2O4S. The molecule has 2 aliphatic carbocycles. The van der Waals surface area contributed by atoms with Crippen LogP contribution in [0.3, 0.4) is 0 Å². The maximum atomic E-state index is 15.3. The van der Waals surface area contributed by atoms with Crippen molar-refractivity contribution >= 4 is 15.9 Å². The minimum Gasteiger partial charge on any atom is -0.492 e. The summed E-state index contributed by atoms with van der Waals surface area (Å²) in [6.45, 7) is 0.641. The first-order chi connectivity index (χ1) is 14.6. The highest BCUT2D eigenvalue weighted by molar-refractivity contribution is 7.89. The number of halogens is 3. The molecule has 1 saturated heterocycles. The number of benzene rings is 1. The number of nitrogens with two attached hydrogens (primary N) is 1. The lowest BCUT2D eigenvalue weighted by atomic mass is 9.85. The van der Waals surface area contributed by atoms with Crippen molar-refractivity contribution in [2.45, 2.75) is 68.1 Å². The topological polar surface area (TPSA) is 89.7 Å². The molecule has 10 heteroatoms. The van der Waals surface area contributed by atoms with Crippen LogP contribution in [0.25, 0.3) is 0 Å². The van der Waals surface area contributed by atoms with Crippen LogP contribution in [-0.4, -0.2) is 44.2 Å². The van der Waals surface area contributed by atoms with Crippen molar-refractivity contribution in [3.05, 3.63) is 23.0 Å². The number of hydrogen-bond donors (Lipinski definition) is 1. The zero-order valence-corrected chi connectivity index (χ0v) is 18.0. The van der Waals surface area contributed by atoms with Crippen molar-refractivity contribution in [3.63, 3.8) is 0 Å². The third-order valence-corrected chi connectivity index (χ3v) is 8.43. The van der Waals surface area contributed by atoms with Gasteiger partial charge in [-0.15, -0.1) is 0 Å². The van der Waals surface area contributed by atoms with E-state index in [1.54, 1.807) is 0 Å². The first kappa shape index (κ1) is 22.4. The highest BCUT2D eigenvalue weighted by atomic mass is 32.2. The average molecular weight is 461 g/mol. The van der Waals surface area contributed by atoms with E-state index in [4.69, 9.17) is 10.5 Å². The summed E-state index contributed by atoms with van der Waals surface area (Å²) in [4.78, 5) is 11.2. The first-order valence-electron chi connectivity index (χ1n) is 10.8.